The van der Waals surface area contributed by atoms with Gasteiger partial charge in [0, 0.05) is 11.8 Å². The Morgan fingerprint density at radius 3 is 3.00 bits per heavy atom. The molecule has 5 heteroatoms. The molecule has 0 aliphatic heterocycles. The molecule has 0 unspecified atom stereocenters. The van der Waals surface area contributed by atoms with Crippen molar-refractivity contribution >= 4 is 39.1 Å². The van der Waals surface area contributed by atoms with Gasteiger partial charge in [0.2, 0.25) is 0 Å². The first kappa shape index (κ1) is 14.1. The van der Waals surface area contributed by atoms with Crippen LogP contribution in [0.5, 0.6) is 0 Å². The summed E-state index contributed by atoms with van der Waals surface area (Å²) in [6, 6.07) is 2.12. The lowest BCUT2D eigenvalue weighted by atomic mass is 10.3. The number of hydrogen-bond donors (Lipinski definition) is 1. The van der Waals surface area contributed by atoms with Gasteiger partial charge in [-0.2, -0.15) is 11.8 Å². The van der Waals surface area contributed by atoms with Crippen molar-refractivity contribution in [3.05, 3.63) is 17.3 Å². The third-order valence-electron chi connectivity index (χ3n) is 3.66. The van der Waals surface area contributed by atoms with E-state index in [1.54, 1.807) is 11.3 Å². The van der Waals surface area contributed by atoms with Gasteiger partial charge in [0.25, 0.3) is 0 Å². The summed E-state index contributed by atoms with van der Waals surface area (Å²) < 4.78 is 0. The monoisotopic (exact) mass is 307 g/mol. The van der Waals surface area contributed by atoms with E-state index in [1.807, 2.05) is 11.8 Å². The molecule has 108 valence electrons. The zero-order chi connectivity index (χ0) is 13.8. The Kier molecular flexibility index (Phi) is 4.78. The number of anilines is 1. The lowest BCUT2D eigenvalue weighted by molar-refractivity contribution is 0.886. The number of aromatic nitrogens is 2. The maximum atomic E-state index is 4.74. The number of fused-ring (bicyclic) bond motifs is 1. The Labute approximate surface area is 128 Å². The van der Waals surface area contributed by atoms with Crippen LogP contribution in [0.25, 0.3) is 10.2 Å². The Bertz CT molecular complexity index is 561. The minimum absolute atomic E-state index is 0.824. The highest BCUT2D eigenvalue weighted by Gasteiger charge is 2.16. The molecule has 0 radical (unpaired) electrons. The summed E-state index contributed by atoms with van der Waals surface area (Å²) in [5.41, 5.74) is 0. The number of thioether (sulfide) groups is 1. The maximum absolute atomic E-state index is 4.74. The van der Waals surface area contributed by atoms with Crippen molar-refractivity contribution in [1.82, 2.24) is 9.97 Å². The molecule has 20 heavy (non-hydrogen) atoms. The molecule has 0 saturated heterocycles. The summed E-state index contributed by atoms with van der Waals surface area (Å²) in [6.45, 7) is 3.15. The SMILES string of the molecule is CCCNc1nc(CSC2CCCC2)nc2sccc12. The number of rotatable bonds is 6. The zero-order valence-electron chi connectivity index (χ0n) is 11.9. The molecule has 1 saturated carbocycles. The van der Waals surface area contributed by atoms with E-state index in [0.717, 1.165) is 45.8 Å². The van der Waals surface area contributed by atoms with E-state index in [9.17, 15) is 0 Å². The third kappa shape index (κ3) is 3.26. The highest BCUT2D eigenvalue weighted by atomic mass is 32.2. The predicted molar refractivity (Wildman–Crippen MR) is 89.7 cm³/mol. The smallest absolute Gasteiger partial charge is 0.142 e. The molecule has 2 aromatic heterocycles. The molecule has 1 aliphatic rings. The quantitative estimate of drug-likeness (QED) is 0.840. The van der Waals surface area contributed by atoms with Crippen molar-refractivity contribution in [3.8, 4) is 0 Å². The van der Waals surface area contributed by atoms with E-state index in [1.165, 1.54) is 25.7 Å². The van der Waals surface area contributed by atoms with Crippen molar-refractivity contribution in [3.63, 3.8) is 0 Å². The van der Waals surface area contributed by atoms with E-state index in [4.69, 9.17) is 9.97 Å². The predicted octanol–water partition coefficient (Wildman–Crippen LogP) is 4.69. The van der Waals surface area contributed by atoms with Gasteiger partial charge >= 0.3 is 0 Å². The van der Waals surface area contributed by atoms with Gasteiger partial charge in [-0.3, -0.25) is 0 Å². The standard InChI is InChI=1S/C15H21N3S2/c1-2-8-16-14-12-7-9-19-15(12)18-13(17-14)10-20-11-5-3-4-6-11/h7,9,11H,2-6,8,10H2,1H3,(H,16,17,18). The van der Waals surface area contributed by atoms with Crippen molar-refractivity contribution in [2.75, 3.05) is 11.9 Å². The molecule has 3 rings (SSSR count). The molecule has 1 fully saturated rings. The van der Waals surface area contributed by atoms with Crippen molar-refractivity contribution in [1.29, 1.82) is 0 Å². The Balaban J connectivity index is 1.75. The second-order valence-corrected chi connectivity index (χ2v) is 7.46. The van der Waals surface area contributed by atoms with Crippen LogP contribution in [0.2, 0.25) is 0 Å². The van der Waals surface area contributed by atoms with Gasteiger partial charge in [-0.25, -0.2) is 9.97 Å². The number of thiophene rings is 1. The third-order valence-corrected chi connectivity index (χ3v) is 5.84. The number of nitrogens with one attached hydrogen (secondary N) is 1. The van der Waals surface area contributed by atoms with Crippen LogP contribution in [-0.2, 0) is 5.75 Å². The summed E-state index contributed by atoms with van der Waals surface area (Å²) in [6.07, 6.45) is 6.64. The van der Waals surface area contributed by atoms with E-state index >= 15 is 0 Å². The lowest BCUT2D eigenvalue weighted by Gasteiger charge is -2.10. The highest BCUT2D eigenvalue weighted by molar-refractivity contribution is 7.99. The van der Waals surface area contributed by atoms with E-state index in [0.29, 0.717) is 0 Å². The van der Waals surface area contributed by atoms with Crippen LogP contribution in [0.3, 0.4) is 0 Å². The Hall–Kier alpha value is -0.810. The Morgan fingerprint density at radius 2 is 2.20 bits per heavy atom. The van der Waals surface area contributed by atoms with Crippen molar-refractivity contribution < 1.29 is 0 Å². The van der Waals surface area contributed by atoms with Crippen LogP contribution in [0.1, 0.15) is 44.9 Å². The largest absolute Gasteiger partial charge is 0.369 e. The second-order valence-electron chi connectivity index (χ2n) is 5.27. The summed E-state index contributed by atoms with van der Waals surface area (Å²) in [5.74, 6) is 2.94. The van der Waals surface area contributed by atoms with Crippen molar-refractivity contribution in [2.45, 2.75) is 50.0 Å². The molecule has 1 N–H and O–H groups in total. The molecular weight excluding hydrogens is 286 g/mol. The van der Waals surface area contributed by atoms with Crippen LogP contribution in [0, 0.1) is 0 Å². The van der Waals surface area contributed by atoms with Gasteiger partial charge in [0.1, 0.15) is 16.5 Å². The molecule has 0 bridgehead atoms. The second kappa shape index (κ2) is 6.76. The molecule has 3 nitrogen and oxygen atoms in total. The molecule has 0 atom stereocenters. The first-order valence-corrected chi connectivity index (χ1v) is 9.39. The van der Waals surface area contributed by atoms with Gasteiger partial charge in [-0.15, -0.1) is 11.3 Å². The fraction of sp³-hybridized carbons (Fsp3) is 0.600. The number of nitrogens with zero attached hydrogens (tertiary/aromatic N) is 2. The minimum Gasteiger partial charge on any atom is -0.369 e. The van der Waals surface area contributed by atoms with E-state index < -0.39 is 0 Å². The minimum atomic E-state index is 0.824. The topological polar surface area (TPSA) is 37.8 Å². The molecule has 0 spiro atoms. The van der Waals surface area contributed by atoms with E-state index in [-0.39, 0.29) is 0 Å². The van der Waals surface area contributed by atoms with Crippen LogP contribution in [-0.4, -0.2) is 21.8 Å². The normalized spacial score (nSPS) is 16.1. The molecular formula is C15H21N3S2. The highest BCUT2D eigenvalue weighted by Crippen LogP contribution is 2.32. The summed E-state index contributed by atoms with van der Waals surface area (Å²) >= 11 is 3.74. The Morgan fingerprint density at radius 1 is 1.35 bits per heavy atom. The molecule has 0 aromatic carbocycles. The molecule has 0 amide bonds. The lowest BCUT2D eigenvalue weighted by Crippen LogP contribution is -2.05. The van der Waals surface area contributed by atoms with Crippen LogP contribution < -0.4 is 5.32 Å². The van der Waals surface area contributed by atoms with Gasteiger partial charge in [0.15, 0.2) is 0 Å². The van der Waals surface area contributed by atoms with Gasteiger partial charge in [0.05, 0.1) is 11.1 Å². The summed E-state index contributed by atoms with van der Waals surface area (Å²) in [5, 5.41) is 7.53. The van der Waals surface area contributed by atoms with Crippen LogP contribution >= 0.6 is 23.1 Å². The number of hydrogen-bond acceptors (Lipinski definition) is 5. The summed E-state index contributed by atoms with van der Waals surface area (Å²) in [4.78, 5) is 10.6. The zero-order valence-corrected chi connectivity index (χ0v) is 13.5. The first-order valence-electron chi connectivity index (χ1n) is 7.46. The fourth-order valence-electron chi connectivity index (χ4n) is 2.59. The van der Waals surface area contributed by atoms with Crippen LogP contribution in [0.4, 0.5) is 5.82 Å². The average Bonchev–Trinajstić information content (AvgIpc) is 3.13. The van der Waals surface area contributed by atoms with Crippen LogP contribution in [0.15, 0.2) is 11.4 Å². The fourth-order valence-corrected chi connectivity index (χ4v) is 4.55. The van der Waals surface area contributed by atoms with Gasteiger partial charge < -0.3 is 5.32 Å². The average molecular weight is 307 g/mol. The van der Waals surface area contributed by atoms with E-state index in [2.05, 4.69) is 23.7 Å². The van der Waals surface area contributed by atoms with Gasteiger partial charge in [-0.1, -0.05) is 19.8 Å². The molecule has 1 aliphatic carbocycles. The summed E-state index contributed by atoms with van der Waals surface area (Å²) in [7, 11) is 0. The maximum Gasteiger partial charge on any atom is 0.142 e. The van der Waals surface area contributed by atoms with Crippen molar-refractivity contribution in [2.24, 2.45) is 0 Å². The first-order chi connectivity index (χ1) is 9.86. The molecule has 2 heterocycles. The van der Waals surface area contributed by atoms with Gasteiger partial charge in [-0.05, 0) is 30.7 Å². The molecule has 2 aromatic rings.